The molecule has 2 aromatic carbocycles. The van der Waals surface area contributed by atoms with E-state index in [0.717, 1.165) is 35.7 Å². The van der Waals surface area contributed by atoms with E-state index >= 15 is 0 Å². The van der Waals surface area contributed by atoms with Crippen molar-refractivity contribution >= 4 is 22.8 Å². The fourth-order valence-electron chi connectivity index (χ4n) is 3.60. The first-order valence-electron chi connectivity index (χ1n) is 9.23. The molecule has 2 amide bonds. The van der Waals surface area contributed by atoms with Crippen molar-refractivity contribution in [1.82, 2.24) is 15.1 Å². The molecule has 1 aliphatic heterocycles. The van der Waals surface area contributed by atoms with E-state index in [2.05, 4.69) is 15.5 Å². The predicted molar refractivity (Wildman–Crippen MR) is 103 cm³/mol. The average Bonchev–Trinajstić information content (AvgIpc) is 2.95. The fraction of sp³-hybridized carbons (Fsp3) is 0.286. The van der Waals surface area contributed by atoms with E-state index in [0.29, 0.717) is 24.8 Å². The van der Waals surface area contributed by atoms with Gasteiger partial charge in [-0.3, -0.25) is 5.32 Å². The van der Waals surface area contributed by atoms with Gasteiger partial charge in [0.1, 0.15) is 5.82 Å². The Morgan fingerprint density at radius 3 is 2.70 bits per heavy atom. The summed E-state index contributed by atoms with van der Waals surface area (Å²) in [7, 11) is 0. The van der Waals surface area contributed by atoms with Crippen molar-refractivity contribution in [2.75, 3.05) is 18.4 Å². The highest BCUT2D eigenvalue weighted by molar-refractivity contribution is 5.90. The van der Waals surface area contributed by atoms with Gasteiger partial charge in [0.25, 0.3) is 0 Å². The zero-order valence-corrected chi connectivity index (χ0v) is 14.9. The number of nitrogens with one attached hydrogen (secondary N) is 1. The lowest BCUT2D eigenvalue weighted by Crippen LogP contribution is -2.36. The van der Waals surface area contributed by atoms with Crippen molar-refractivity contribution in [1.29, 1.82) is 0 Å². The Balaban J connectivity index is 1.40. The van der Waals surface area contributed by atoms with Crippen molar-refractivity contribution in [2.24, 2.45) is 0 Å². The van der Waals surface area contributed by atoms with Crippen LogP contribution in [0, 0.1) is 5.82 Å². The van der Waals surface area contributed by atoms with Crippen LogP contribution in [0.1, 0.15) is 30.7 Å². The number of benzene rings is 2. The number of amides is 2. The lowest BCUT2D eigenvalue weighted by molar-refractivity contribution is 0.213. The molecule has 4 rings (SSSR count). The van der Waals surface area contributed by atoms with Crippen molar-refractivity contribution in [3.05, 3.63) is 66.0 Å². The third kappa shape index (κ3) is 4.05. The van der Waals surface area contributed by atoms with Gasteiger partial charge in [0.15, 0.2) is 5.82 Å². The van der Waals surface area contributed by atoms with Crippen molar-refractivity contribution in [2.45, 2.75) is 25.2 Å². The number of fused-ring (bicyclic) bond motifs is 1. The Morgan fingerprint density at radius 1 is 1.04 bits per heavy atom. The molecule has 0 bridgehead atoms. The van der Waals surface area contributed by atoms with E-state index < -0.39 is 0 Å². The van der Waals surface area contributed by atoms with Gasteiger partial charge in [-0.2, -0.15) is 0 Å². The molecule has 27 heavy (non-hydrogen) atoms. The largest absolute Gasteiger partial charge is 0.324 e. The number of anilines is 1. The maximum absolute atomic E-state index is 13.1. The summed E-state index contributed by atoms with van der Waals surface area (Å²) in [6.07, 6.45) is 2.77. The summed E-state index contributed by atoms with van der Waals surface area (Å²) in [4.78, 5) is 14.5. The topological polar surface area (TPSA) is 58.1 Å². The minimum absolute atomic E-state index is 0.153. The molecule has 0 radical (unpaired) electrons. The SMILES string of the molecule is O=C(Nc1cc2ccccc2nn1)N1CCCC(c2ccc(F)cc2)CC1. The monoisotopic (exact) mass is 364 g/mol. The Bertz CT molecular complexity index is 944. The molecule has 0 aliphatic carbocycles. The molecule has 1 N–H and O–H groups in total. The molecule has 1 aliphatic rings. The van der Waals surface area contributed by atoms with E-state index in [4.69, 9.17) is 0 Å². The molecule has 0 saturated carbocycles. The smallest absolute Gasteiger partial charge is 0.323 e. The molecular weight excluding hydrogens is 343 g/mol. The summed E-state index contributed by atoms with van der Waals surface area (Å²) in [5, 5.41) is 12.0. The highest BCUT2D eigenvalue weighted by Crippen LogP contribution is 2.28. The maximum atomic E-state index is 13.1. The minimum Gasteiger partial charge on any atom is -0.324 e. The number of hydrogen-bond acceptors (Lipinski definition) is 3. The Kier molecular flexibility index (Phi) is 4.96. The summed E-state index contributed by atoms with van der Waals surface area (Å²) < 4.78 is 13.1. The van der Waals surface area contributed by atoms with Crippen molar-refractivity contribution in [3.63, 3.8) is 0 Å². The number of urea groups is 1. The number of hydrogen-bond donors (Lipinski definition) is 1. The van der Waals surface area contributed by atoms with E-state index in [1.54, 1.807) is 0 Å². The van der Waals surface area contributed by atoms with Crippen LogP contribution in [0.3, 0.4) is 0 Å². The molecule has 3 aromatic rings. The number of carbonyl (C=O) groups is 1. The minimum atomic E-state index is -0.218. The summed E-state index contributed by atoms with van der Waals surface area (Å²) in [6, 6.07) is 16.0. The molecule has 1 saturated heterocycles. The molecule has 5 nitrogen and oxygen atoms in total. The van der Waals surface area contributed by atoms with Crippen LogP contribution in [-0.2, 0) is 0 Å². The van der Waals surface area contributed by atoms with Crippen molar-refractivity contribution < 1.29 is 9.18 Å². The second-order valence-corrected chi connectivity index (χ2v) is 6.88. The molecule has 1 unspecified atom stereocenters. The van der Waals surface area contributed by atoms with Crippen LogP contribution in [0.4, 0.5) is 15.0 Å². The maximum Gasteiger partial charge on any atom is 0.323 e. The van der Waals surface area contributed by atoms with Gasteiger partial charge < -0.3 is 4.90 Å². The van der Waals surface area contributed by atoms with Gasteiger partial charge in [0.05, 0.1) is 5.52 Å². The van der Waals surface area contributed by atoms with Gasteiger partial charge in [-0.15, -0.1) is 10.2 Å². The highest BCUT2D eigenvalue weighted by Gasteiger charge is 2.22. The lowest BCUT2D eigenvalue weighted by Gasteiger charge is -2.21. The lowest BCUT2D eigenvalue weighted by atomic mass is 9.92. The Labute approximate surface area is 157 Å². The van der Waals surface area contributed by atoms with Crippen molar-refractivity contribution in [3.8, 4) is 0 Å². The quantitative estimate of drug-likeness (QED) is 0.725. The zero-order valence-electron chi connectivity index (χ0n) is 14.9. The highest BCUT2D eigenvalue weighted by atomic mass is 19.1. The van der Waals surface area contributed by atoms with Crippen LogP contribution < -0.4 is 5.32 Å². The van der Waals surface area contributed by atoms with Gasteiger partial charge in [0.2, 0.25) is 0 Å². The normalized spacial score (nSPS) is 17.5. The first kappa shape index (κ1) is 17.4. The third-order valence-electron chi connectivity index (χ3n) is 5.09. The molecule has 0 spiro atoms. The molecular formula is C21H21FN4O. The number of aromatic nitrogens is 2. The van der Waals surface area contributed by atoms with E-state index in [1.165, 1.54) is 12.1 Å². The summed E-state index contributed by atoms with van der Waals surface area (Å²) in [6.45, 7) is 1.36. The number of carbonyl (C=O) groups excluding carboxylic acids is 1. The molecule has 1 fully saturated rings. The summed E-state index contributed by atoms with van der Waals surface area (Å²) in [5.41, 5.74) is 1.94. The predicted octanol–water partition coefficient (Wildman–Crippen LogP) is 4.57. The molecule has 6 heteroatoms. The molecule has 138 valence electrons. The van der Waals surface area contributed by atoms with Gasteiger partial charge in [-0.1, -0.05) is 30.3 Å². The second kappa shape index (κ2) is 7.70. The Morgan fingerprint density at radius 2 is 1.85 bits per heavy atom. The van der Waals surface area contributed by atoms with Gasteiger partial charge in [0, 0.05) is 18.5 Å². The Hall–Kier alpha value is -3.02. The standard InChI is InChI=1S/C21H21FN4O/c22-18-9-7-16(8-10-18)15-5-3-12-26(13-11-15)21(27)23-20-14-17-4-1-2-6-19(17)24-25-20/h1-2,4,6-10,14-15H,3,5,11-13H2,(H,23,25,27). The van der Waals surface area contributed by atoms with Gasteiger partial charge in [-0.25, -0.2) is 9.18 Å². The molecule has 1 aromatic heterocycles. The van der Waals surface area contributed by atoms with E-state index in [1.807, 2.05) is 47.4 Å². The van der Waals surface area contributed by atoms with Crippen LogP contribution in [0.5, 0.6) is 0 Å². The molecule has 2 heterocycles. The third-order valence-corrected chi connectivity index (χ3v) is 5.09. The van der Waals surface area contributed by atoms with Crippen LogP contribution in [0.15, 0.2) is 54.6 Å². The van der Waals surface area contributed by atoms with Crippen LogP contribution in [0.2, 0.25) is 0 Å². The fourth-order valence-corrected chi connectivity index (χ4v) is 3.60. The van der Waals surface area contributed by atoms with Crippen LogP contribution in [0.25, 0.3) is 10.9 Å². The van der Waals surface area contributed by atoms with E-state index in [-0.39, 0.29) is 11.8 Å². The van der Waals surface area contributed by atoms with Gasteiger partial charge in [-0.05, 0) is 55.0 Å². The van der Waals surface area contributed by atoms with E-state index in [9.17, 15) is 9.18 Å². The van der Waals surface area contributed by atoms with Crippen LogP contribution >= 0.6 is 0 Å². The number of nitrogens with zero attached hydrogens (tertiary/aromatic N) is 3. The summed E-state index contributed by atoms with van der Waals surface area (Å²) in [5.74, 6) is 0.590. The molecule has 1 atom stereocenters. The number of halogens is 1. The number of rotatable bonds is 2. The average molecular weight is 364 g/mol. The zero-order chi connectivity index (χ0) is 18.6. The van der Waals surface area contributed by atoms with Gasteiger partial charge >= 0.3 is 6.03 Å². The first-order chi connectivity index (χ1) is 13.2. The summed E-state index contributed by atoms with van der Waals surface area (Å²) >= 11 is 0. The second-order valence-electron chi connectivity index (χ2n) is 6.88. The number of likely N-dealkylation sites (tertiary alicyclic amines) is 1. The first-order valence-corrected chi connectivity index (χ1v) is 9.23. The van der Waals surface area contributed by atoms with Crippen LogP contribution in [-0.4, -0.2) is 34.2 Å².